The van der Waals surface area contributed by atoms with Gasteiger partial charge in [0, 0.05) is 24.5 Å². The standard InChI is InChI=1S/C18H23FN4O4S/c1-12(2)9-14-10-16(22-21-14)18(24)20-13-3-4-15(19)17(11-13)28(25,26)23-5-7-27-8-6-23/h3-4,10-12H,5-9H2,1-2H3,(H,20,24)(H,21,22). The van der Waals surface area contributed by atoms with E-state index in [9.17, 15) is 17.6 Å². The predicted octanol–water partition coefficient (Wildman–Crippen LogP) is 2.02. The van der Waals surface area contributed by atoms with Crippen LogP contribution in [-0.2, 0) is 21.2 Å². The Morgan fingerprint density at radius 1 is 1.32 bits per heavy atom. The van der Waals surface area contributed by atoms with Gasteiger partial charge in [-0.25, -0.2) is 12.8 Å². The molecule has 1 fully saturated rings. The molecule has 0 bridgehead atoms. The maximum Gasteiger partial charge on any atom is 0.276 e. The van der Waals surface area contributed by atoms with Crippen molar-refractivity contribution in [2.45, 2.75) is 25.2 Å². The van der Waals surface area contributed by atoms with Crippen molar-refractivity contribution in [3.05, 3.63) is 41.5 Å². The average Bonchev–Trinajstić information content (AvgIpc) is 3.12. The molecule has 1 saturated heterocycles. The molecule has 0 unspecified atom stereocenters. The van der Waals surface area contributed by atoms with E-state index in [0.29, 0.717) is 5.92 Å². The molecule has 0 aliphatic carbocycles. The summed E-state index contributed by atoms with van der Waals surface area (Å²) in [6.07, 6.45) is 0.749. The molecule has 0 atom stereocenters. The number of aromatic amines is 1. The monoisotopic (exact) mass is 410 g/mol. The first-order valence-corrected chi connectivity index (χ1v) is 10.4. The molecule has 1 aliphatic heterocycles. The van der Waals surface area contributed by atoms with Crippen molar-refractivity contribution in [1.29, 1.82) is 0 Å². The molecule has 10 heteroatoms. The van der Waals surface area contributed by atoms with Gasteiger partial charge < -0.3 is 10.1 Å². The zero-order chi connectivity index (χ0) is 20.3. The summed E-state index contributed by atoms with van der Waals surface area (Å²) in [5.74, 6) is -0.975. The number of halogens is 1. The molecule has 0 spiro atoms. The highest BCUT2D eigenvalue weighted by molar-refractivity contribution is 7.89. The smallest absolute Gasteiger partial charge is 0.276 e. The molecule has 2 N–H and O–H groups in total. The van der Waals surface area contributed by atoms with Crippen molar-refractivity contribution in [2.75, 3.05) is 31.6 Å². The maximum atomic E-state index is 14.2. The van der Waals surface area contributed by atoms with Crippen LogP contribution in [0.15, 0.2) is 29.2 Å². The van der Waals surface area contributed by atoms with Crippen LogP contribution in [0.1, 0.15) is 30.0 Å². The van der Waals surface area contributed by atoms with Gasteiger partial charge in [0.05, 0.1) is 13.2 Å². The van der Waals surface area contributed by atoms with Gasteiger partial charge in [-0.15, -0.1) is 0 Å². The third kappa shape index (κ3) is 4.57. The highest BCUT2D eigenvalue weighted by atomic mass is 32.2. The number of ether oxygens (including phenoxy) is 1. The molecule has 8 nitrogen and oxygen atoms in total. The molecule has 2 aromatic rings. The lowest BCUT2D eigenvalue weighted by Gasteiger charge is -2.26. The minimum atomic E-state index is -4.02. The number of morpholine rings is 1. The summed E-state index contributed by atoms with van der Waals surface area (Å²) in [5, 5.41) is 9.35. The fourth-order valence-corrected chi connectivity index (χ4v) is 4.42. The number of nitrogens with zero attached hydrogens (tertiary/aromatic N) is 2. The summed E-state index contributed by atoms with van der Waals surface area (Å²) in [6.45, 7) is 4.93. The van der Waals surface area contributed by atoms with E-state index in [4.69, 9.17) is 4.74 Å². The Morgan fingerprint density at radius 2 is 2.04 bits per heavy atom. The number of amides is 1. The molecule has 1 aromatic heterocycles. The highest BCUT2D eigenvalue weighted by Crippen LogP contribution is 2.24. The summed E-state index contributed by atoms with van der Waals surface area (Å²) in [7, 11) is -4.02. The molecular formula is C18H23FN4O4S. The van der Waals surface area contributed by atoms with Gasteiger partial charge in [-0.2, -0.15) is 9.40 Å². The van der Waals surface area contributed by atoms with Gasteiger partial charge in [-0.3, -0.25) is 9.89 Å². The third-order valence-electron chi connectivity index (χ3n) is 4.27. The van der Waals surface area contributed by atoms with Crippen molar-refractivity contribution in [3.63, 3.8) is 0 Å². The molecule has 0 saturated carbocycles. The maximum absolute atomic E-state index is 14.2. The number of rotatable bonds is 6. The number of benzene rings is 1. The Morgan fingerprint density at radius 3 is 2.71 bits per heavy atom. The average molecular weight is 410 g/mol. The topological polar surface area (TPSA) is 104 Å². The number of H-pyrrole nitrogens is 1. The van der Waals surface area contributed by atoms with Gasteiger partial charge in [0.15, 0.2) is 5.69 Å². The first-order chi connectivity index (χ1) is 13.3. The number of anilines is 1. The van der Waals surface area contributed by atoms with Gasteiger partial charge in [0.2, 0.25) is 10.0 Å². The number of sulfonamides is 1. The molecule has 0 radical (unpaired) electrons. The SMILES string of the molecule is CC(C)Cc1cc(C(=O)Nc2ccc(F)c(S(=O)(=O)N3CCOCC3)c2)n[nH]1. The second-order valence-corrected chi connectivity index (χ2v) is 8.90. The first-order valence-electron chi connectivity index (χ1n) is 9.00. The molecule has 152 valence electrons. The quantitative estimate of drug-likeness (QED) is 0.758. The largest absolute Gasteiger partial charge is 0.379 e. The zero-order valence-electron chi connectivity index (χ0n) is 15.7. The van der Waals surface area contributed by atoms with Crippen LogP contribution in [0.2, 0.25) is 0 Å². The first kappa shape index (κ1) is 20.4. The van der Waals surface area contributed by atoms with Crippen LogP contribution in [-0.4, -0.2) is 55.1 Å². The number of hydrogen-bond donors (Lipinski definition) is 2. The summed E-state index contributed by atoms with van der Waals surface area (Å²) in [5.41, 5.74) is 1.18. The Bertz CT molecular complexity index is 952. The normalized spacial score (nSPS) is 15.7. The minimum Gasteiger partial charge on any atom is -0.379 e. The van der Waals surface area contributed by atoms with Crippen molar-refractivity contribution >= 4 is 21.6 Å². The third-order valence-corrected chi connectivity index (χ3v) is 6.18. The molecule has 1 aliphatic rings. The molecule has 3 rings (SSSR count). The fraction of sp³-hybridized carbons (Fsp3) is 0.444. The van der Waals surface area contributed by atoms with E-state index in [2.05, 4.69) is 29.4 Å². The molecule has 1 aromatic carbocycles. The van der Waals surface area contributed by atoms with E-state index in [0.717, 1.165) is 24.2 Å². The van der Waals surface area contributed by atoms with Crippen LogP contribution >= 0.6 is 0 Å². The van der Waals surface area contributed by atoms with Crippen molar-refractivity contribution in [1.82, 2.24) is 14.5 Å². The fourth-order valence-electron chi connectivity index (χ4n) is 2.92. The van der Waals surface area contributed by atoms with Crippen molar-refractivity contribution in [3.8, 4) is 0 Å². The Labute approximate surface area is 163 Å². The van der Waals surface area contributed by atoms with E-state index >= 15 is 0 Å². The van der Waals surface area contributed by atoms with Crippen LogP contribution in [0.5, 0.6) is 0 Å². The van der Waals surface area contributed by atoms with Gasteiger partial charge in [-0.05, 0) is 36.6 Å². The lowest BCUT2D eigenvalue weighted by molar-refractivity contribution is 0.0729. The summed E-state index contributed by atoms with van der Waals surface area (Å²) in [4.78, 5) is 11.9. The number of carbonyl (C=O) groups is 1. The van der Waals surface area contributed by atoms with Crippen LogP contribution in [0.25, 0.3) is 0 Å². The molecule has 1 amide bonds. The molecule has 28 heavy (non-hydrogen) atoms. The molecular weight excluding hydrogens is 387 g/mol. The molecule has 2 heterocycles. The summed E-state index contributed by atoms with van der Waals surface area (Å²) in [6, 6.07) is 5.11. The van der Waals surface area contributed by atoms with Crippen LogP contribution < -0.4 is 5.32 Å². The Hall–Kier alpha value is -2.30. The van der Waals surface area contributed by atoms with E-state index in [1.165, 1.54) is 10.4 Å². The van der Waals surface area contributed by atoms with Gasteiger partial charge >= 0.3 is 0 Å². The van der Waals surface area contributed by atoms with Gasteiger partial charge in [0.1, 0.15) is 10.7 Å². The lowest BCUT2D eigenvalue weighted by Crippen LogP contribution is -2.40. The summed E-state index contributed by atoms with van der Waals surface area (Å²) >= 11 is 0. The Balaban J connectivity index is 1.79. The summed E-state index contributed by atoms with van der Waals surface area (Å²) < 4.78 is 46.0. The second-order valence-electron chi connectivity index (χ2n) is 6.99. The van der Waals surface area contributed by atoms with Crippen LogP contribution in [0.4, 0.5) is 10.1 Å². The van der Waals surface area contributed by atoms with E-state index in [1.807, 2.05) is 0 Å². The van der Waals surface area contributed by atoms with Gasteiger partial charge in [-0.1, -0.05) is 13.8 Å². The van der Waals surface area contributed by atoms with Crippen LogP contribution in [0, 0.1) is 11.7 Å². The van der Waals surface area contributed by atoms with Crippen molar-refractivity contribution < 1.29 is 22.3 Å². The highest BCUT2D eigenvalue weighted by Gasteiger charge is 2.29. The minimum absolute atomic E-state index is 0.157. The van der Waals surface area contributed by atoms with E-state index in [-0.39, 0.29) is 37.7 Å². The zero-order valence-corrected chi connectivity index (χ0v) is 16.6. The van der Waals surface area contributed by atoms with Gasteiger partial charge in [0.25, 0.3) is 5.91 Å². The number of carbonyl (C=O) groups excluding carboxylic acids is 1. The van der Waals surface area contributed by atoms with E-state index in [1.54, 1.807) is 6.07 Å². The number of hydrogen-bond acceptors (Lipinski definition) is 5. The lowest BCUT2D eigenvalue weighted by atomic mass is 10.1. The number of nitrogens with one attached hydrogen (secondary N) is 2. The number of aromatic nitrogens is 2. The predicted molar refractivity (Wildman–Crippen MR) is 101 cm³/mol. The van der Waals surface area contributed by atoms with Crippen molar-refractivity contribution in [2.24, 2.45) is 5.92 Å². The Kier molecular flexibility index (Phi) is 6.11. The van der Waals surface area contributed by atoms with Crippen LogP contribution in [0.3, 0.4) is 0 Å². The van der Waals surface area contributed by atoms with E-state index < -0.39 is 26.6 Å². The second kappa shape index (κ2) is 8.38.